The first-order valence-corrected chi connectivity index (χ1v) is 11.2. The van der Waals surface area contributed by atoms with E-state index in [1.807, 2.05) is 42.5 Å². The fraction of sp³-hybridized carbons (Fsp3) is 0.0357. The van der Waals surface area contributed by atoms with Gasteiger partial charge in [-0.2, -0.15) is 0 Å². The van der Waals surface area contributed by atoms with Crippen LogP contribution in [0.4, 0.5) is 22.7 Å². The Bertz CT molecular complexity index is 1710. The molecule has 1 amide bonds. The van der Waals surface area contributed by atoms with Gasteiger partial charge in [0.05, 0.1) is 23.7 Å². The van der Waals surface area contributed by atoms with Gasteiger partial charge in [-0.05, 0) is 29.0 Å². The number of fused-ring (bicyclic) bond motifs is 2. The summed E-state index contributed by atoms with van der Waals surface area (Å²) in [6.07, 6.45) is 0. The minimum atomic E-state index is -0.541. The number of nitrogens with zero attached hydrogens (tertiary/aromatic N) is 3. The van der Waals surface area contributed by atoms with Crippen LogP contribution in [0, 0.1) is 10.1 Å². The minimum absolute atomic E-state index is 0.0243. The van der Waals surface area contributed by atoms with Gasteiger partial charge in [0.1, 0.15) is 11.4 Å². The SMILES string of the molecule is COc1cc([N+](=O)[O-])ccc1N=Nc1c(O)c(C(=O)Nc2cccc3ccccc23)cc2ccccc12. The number of phenols is 1. The summed E-state index contributed by atoms with van der Waals surface area (Å²) in [5.41, 5.74) is 0.783. The Hall–Kier alpha value is -5.31. The maximum absolute atomic E-state index is 13.3. The lowest BCUT2D eigenvalue weighted by molar-refractivity contribution is -0.384. The van der Waals surface area contributed by atoms with Crippen LogP contribution >= 0.6 is 0 Å². The molecule has 5 aromatic rings. The number of benzene rings is 5. The second-order valence-electron chi connectivity index (χ2n) is 8.14. The van der Waals surface area contributed by atoms with Crippen molar-refractivity contribution in [1.29, 1.82) is 0 Å². The van der Waals surface area contributed by atoms with E-state index in [0.717, 1.165) is 10.8 Å². The Kier molecular flexibility index (Phi) is 6.17. The molecule has 0 aromatic heterocycles. The third-order valence-electron chi connectivity index (χ3n) is 5.91. The number of hydrogen-bond donors (Lipinski definition) is 2. The molecule has 0 fully saturated rings. The number of ether oxygens (including phenoxy) is 1. The van der Waals surface area contributed by atoms with Crippen molar-refractivity contribution in [2.45, 2.75) is 0 Å². The first-order chi connectivity index (χ1) is 18.0. The molecule has 9 heteroatoms. The molecular weight excluding hydrogens is 472 g/mol. The molecule has 0 unspecified atom stereocenters. The third-order valence-corrected chi connectivity index (χ3v) is 5.91. The summed E-state index contributed by atoms with van der Waals surface area (Å²) in [7, 11) is 1.36. The number of carbonyl (C=O) groups excluding carboxylic acids is 1. The van der Waals surface area contributed by atoms with Crippen LogP contribution in [0.15, 0.2) is 101 Å². The fourth-order valence-electron chi connectivity index (χ4n) is 4.08. The standard InChI is InChI=1S/C28H20N4O5/c1-37-25-16-19(32(35)36)13-14-24(25)30-31-26-21-11-5-3-8-18(21)15-22(27(26)33)28(34)29-23-12-6-9-17-7-2-4-10-20(17)23/h2-16,33H,1H3,(H,29,34). The van der Waals surface area contributed by atoms with E-state index in [2.05, 4.69) is 15.5 Å². The zero-order valence-corrected chi connectivity index (χ0v) is 19.6. The summed E-state index contributed by atoms with van der Waals surface area (Å²) in [5, 5.41) is 36.6. The van der Waals surface area contributed by atoms with E-state index in [1.165, 1.54) is 25.3 Å². The van der Waals surface area contributed by atoms with Crippen molar-refractivity contribution in [2.75, 3.05) is 12.4 Å². The normalized spacial score (nSPS) is 11.2. The predicted molar refractivity (Wildman–Crippen MR) is 141 cm³/mol. The van der Waals surface area contributed by atoms with Gasteiger partial charge in [0, 0.05) is 22.5 Å². The molecule has 0 spiro atoms. The van der Waals surface area contributed by atoms with E-state index in [0.29, 0.717) is 16.5 Å². The number of hydrogen-bond acceptors (Lipinski definition) is 7. The number of nitrogens with one attached hydrogen (secondary N) is 1. The molecule has 0 aliphatic carbocycles. The van der Waals surface area contributed by atoms with Gasteiger partial charge in [-0.3, -0.25) is 14.9 Å². The molecule has 0 radical (unpaired) electrons. The minimum Gasteiger partial charge on any atom is -0.505 e. The lowest BCUT2D eigenvalue weighted by Crippen LogP contribution is -2.12. The van der Waals surface area contributed by atoms with Crippen LogP contribution < -0.4 is 10.1 Å². The topological polar surface area (TPSA) is 126 Å². The molecule has 5 rings (SSSR count). The molecule has 9 nitrogen and oxygen atoms in total. The van der Waals surface area contributed by atoms with E-state index < -0.39 is 10.8 Å². The number of phenolic OH excluding ortho intramolecular Hbond substituents is 1. The zero-order chi connectivity index (χ0) is 25.9. The third kappa shape index (κ3) is 4.53. The van der Waals surface area contributed by atoms with Gasteiger partial charge in [0.25, 0.3) is 11.6 Å². The van der Waals surface area contributed by atoms with E-state index >= 15 is 0 Å². The second kappa shape index (κ2) is 9.74. The number of rotatable bonds is 6. The van der Waals surface area contributed by atoms with Gasteiger partial charge in [-0.15, -0.1) is 10.2 Å². The molecule has 0 saturated carbocycles. The van der Waals surface area contributed by atoms with Crippen LogP contribution in [0.2, 0.25) is 0 Å². The van der Waals surface area contributed by atoms with Crippen LogP contribution in [0.25, 0.3) is 21.5 Å². The van der Waals surface area contributed by atoms with E-state index in [1.54, 1.807) is 30.3 Å². The van der Waals surface area contributed by atoms with Crippen LogP contribution in [-0.4, -0.2) is 23.0 Å². The molecule has 0 atom stereocenters. The summed E-state index contributed by atoms with van der Waals surface area (Å²) in [6.45, 7) is 0. The Balaban J connectivity index is 1.57. The molecular formula is C28H20N4O5. The highest BCUT2D eigenvalue weighted by molar-refractivity contribution is 6.14. The van der Waals surface area contributed by atoms with Crippen molar-refractivity contribution in [3.63, 3.8) is 0 Å². The maximum Gasteiger partial charge on any atom is 0.273 e. The first-order valence-electron chi connectivity index (χ1n) is 11.2. The highest BCUT2D eigenvalue weighted by Crippen LogP contribution is 2.41. The van der Waals surface area contributed by atoms with Gasteiger partial charge in [0.15, 0.2) is 11.5 Å². The van der Waals surface area contributed by atoms with Crippen molar-refractivity contribution < 1.29 is 19.6 Å². The first kappa shape index (κ1) is 23.4. The van der Waals surface area contributed by atoms with Crippen molar-refractivity contribution in [1.82, 2.24) is 0 Å². The monoisotopic (exact) mass is 492 g/mol. The Morgan fingerprint density at radius 2 is 1.59 bits per heavy atom. The van der Waals surface area contributed by atoms with Crippen LogP contribution in [0.5, 0.6) is 11.5 Å². The summed E-state index contributed by atoms with van der Waals surface area (Å²) >= 11 is 0. The zero-order valence-electron chi connectivity index (χ0n) is 19.6. The molecule has 5 aromatic carbocycles. The molecule has 0 aliphatic heterocycles. The average molecular weight is 492 g/mol. The smallest absolute Gasteiger partial charge is 0.273 e. The number of amides is 1. The Morgan fingerprint density at radius 1 is 0.892 bits per heavy atom. The molecule has 0 saturated heterocycles. The van der Waals surface area contributed by atoms with Gasteiger partial charge >= 0.3 is 0 Å². The number of nitro groups is 1. The highest BCUT2D eigenvalue weighted by atomic mass is 16.6. The quantitative estimate of drug-likeness (QED) is 0.146. The summed E-state index contributed by atoms with van der Waals surface area (Å²) in [6, 6.07) is 25.9. The number of nitro benzene ring substituents is 1. The Morgan fingerprint density at radius 3 is 2.35 bits per heavy atom. The summed E-state index contributed by atoms with van der Waals surface area (Å²) in [4.78, 5) is 23.9. The predicted octanol–water partition coefficient (Wildman–Crippen LogP) is 7.28. The summed E-state index contributed by atoms with van der Waals surface area (Å²) < 4.78 is 5.22. The second-order valence-corrected chi connectivity index (χ2v) is 8.14. The van der Waals surface area contributed by atoms with Gasteiger partial charge in [-0.1, -0.05) is 60.7 Å². The van der Waals surface area contributed by atoms with Crippen molar-refractivity contribution >= 4 is 50.2 Å². The molecule has 37 heavy (non-hydrogen) atoms. The van der Waals surface area contributed by atoms with Crippen LogP contribution in [0.3, 0.4) is 0 Å². The summed E-state index contributed by atoms with van der Waals surface area (Å²) in [5.74, 6) is -0.711. The van der Waals surface area contributed by atoms with Crippen LogP contribution in [-0.2, 0) is 0 Å². The number of non-ortho nitro benzene ring substituents is 1. The Labute approximate surface area is 210 Å². The molecule has 0 aliphatic rings. The van der Waals surface area contributed by atoms with Gasteiger partial charge in [-0.25, -0.2) is 0 Å². The number of aromatic hydroxyl groups is 1. The molecule has 2 N–H and O–H groups in total. The largest absolute Gasteiger partial charge is 0.505 e. The van der Waals surface area contributed by atoms with Crippen molar-refractivity contribution in [3.8, 4) is 11.5 Å². The van der Waals surface area contributed by atoms with Crippen molar-refractivity contribution in [2.24, 2.45) is 10.2 Å². The number of carbonyl (C=O) groups is 1. The molecule has 0 bridgehead atoms. The highest BCUT2D eigenvalue weighted by Gasteiger charge is 2.19. The van der Waals surface area contributed by atoms with E-state index in [-0.39, 0.29) is 34.1 Å². The lowest BCUT2D eigenvalue weighted by Gasteiger charge is -2.12. The average Bonchev–Trinajstić information content (AvgIpc) is 2.92. The fourth-order valence-corrected chi connectivity index (χ4v) is 4.08. The van der Waals surface area contributed by atoms with Crippen molar-refractivity contribution in [3.05, 3.63) is 107 Å². The number of methoxy groups -OCH3 is 1. The van der Waals surface area contributed by atoms with Crippen LogP contribution in [0.1, 0.15) is 10.4 Å². The lowest BCUT2D eigenvalue weighted by atomic mass is 10.0. The van der Waals surface area contributed by atoms with E-state index in [9.17, 15) is 20.0 Å². The van der Waals surface area contributed by atoms with Gasteiger partial charge < -0.3 is 15.2 Å². The van der Waals surface area contributed by atoms with Gasteiger partial charge in [0.2, 0.25) is 0 Å². The molecule has 182 valence electrons. The maximum atomic E-state index is 13.3. The number of anilines is 1. The van der Waals surface area contributed by atoms with E-state index in [4.69, 9.17) is 4.74 Å². The number of azo groups is 1. The molecule has 0 heterocycles.